The summed E-state index contributed by atoms with van der Waals surface area (Å²) in [6.45, 7) is 1.74. The molecule has 1 N–H and O–H groups in total. The first-order valence-corrected chi connectivity index (χ1v) is 9.45. The SMILES string of the molecule is COC(=O)c1sc(NC(=O)c2cccc(S(=O)(=O)N(C)C)c2)cc1C. The lowest BCUT2D eigenvalue weighted by Gasteiger charge is -2.12. The van der Waals surface area contributed by atoms with Gasteiger partial charge in [-0.2, -0.15) is 0 Å². The smallest absolute Gasteiger partial charge is 0.348 e. The van der Waals surface area contributed by atoms with Gasteiger partial charge in [0.05, 0.1) is 17.0 Å². The van der Waals surface area contributed by atoms with Crippen LogP contribution in [0, 0.1) is 6.92 Å². The number of hydrogen-bond acceptors (Lipinski definition) is 6. The Labute approximate surface area is 150 Å². The minimum Gasteiger partial charge on any atom is -0.465 e. The number of aryl methyl sites for hydroxylation is 1. The molecule has 25 heavy (non-hydrogen) atoms. The number of amides is 1. The second kappa shape index (κ2) is 7.34. The van der Waals surface area contributed by atoms with Gasteiger partial charge in [0.1, 0.15) is 4.88 Å². The van der Waals surface area contributed by atoms with Crippen molar-refractivity contribution in [1.82, 2.24) is 4.31 Å². The number of carbonyl (C=O) groups excluding carboxylic acids is 2. The second-order valence-electron chi connectivity index (χ2n) is 5.38. The van der Waals surface area contributed by atoms with E-state index in [1.807, 2.05) is 0 Å². The number of esters is 1. The lowest BCUT2D eigenvalue weighted by molar-refractivity contribution is 0.0605. The molecule has 0 aliphatic carbocycles. The van der Waals surface area contributed by atoms with Crippen molar-refractivity contribution < 1.29 is 22.7 Å². The normalized spacial score (nSPS) is 11.4. The first-order valence-electron chi connectivity index (χ1n) is 7.19. The topological polar surface area (TPSA) is 92.8 Å². The highest BCUT2D eigenvalue weighted by Gasteiger charge is 2.20. The number of carbonyl (C=O) groups is 2. The first-order chi connectivity index (χ1) is 11.7. The van der Waals surface area contributed by atoms with Gasteiger partial charge in [-0.1, -0.05) is 6.07 Å². The highest BCUT2D eigenvalue weighted by atomic mass is 32.2. The summed E-state index contributed by atoms with van der Waals surface area (Å²) in [5, 5.41) is 3.15. The molecule has 0 spiro atoms. The van der Waals surface area contributed by atoms with Gasteiger partial charge in [0.15, 0.2) is 0 Å². The number of thiophene rings is 1. The van der Waals surface area contributed by atoms with E-state index >= 15 is 0 Å². The van der Waals surface area contributed by atoms with Crippen molar-refractivity contribution in [1.29, 1.82) is 0 Å². The van der Waals surface area contributed by atoms with Gasteiger partial charge in [-0.25, -0.2) is 17.5 Å². The lowest BCUT2D eigenvalue weighted by atomic mass is 10.2. The maximum atomic E-state index is 12.4. The van der Waals surface area contributed by atoms with Crippen molar-refractivity contribution in [2.45, 2.75) is 11.8 Å². The number of hydrogen-bond donors (Lipinski definition) is 1. The van der Waals surface area contributed by atoms with Gasteiger partial charge in [-0.15, -0.1) is 11.3 Å². The third-order valence-electron chi connectivity index (χ3n) is 3.40. The van der Waals surface area contributed by atoms with Gasteiger partial charge in [0, 0.05) is 19.7 Å². The van der Waals surface area contributed by atoms with Crippen molar-refractivity contribution in [3.05, 3.63) is 46.3 Å². The molecule has 7 nitrogen and oxygen atoms in total. The molecule has 2 rings (SSSR count). The summed E-state index contributed by atoms with van der Waals surface area (Å²) in [6.07, 6.45) is 0. The molecule has 1 amide bonds. The third-order valence-corrected chi connectivity index (χ3v) is 6.34. The number of nitrogens with zero attached hydrogens (tertiary/aromatic N) is 1. The Morgan fingerprint density at radius 1 is 1.20 bits per heavy atom. The van der Waals surface area contributed by atoms with Gasteiger partial charge in [0.25, 0.3) is 5.91 Å². The first kappa shape index (κ1) is 19.1. The summed E-state index contributed by atoms with van der Waals surface area (Å²) in [6, 6.07) is 7.43. The minimum absolute atomic E-state index is 0.0303. The maximum Gasteiger partial charge on any atom is 0.348 e. The van der Waals surface area contributed by atoms with E-state index in [0.717, 1.165) is 15.6 Å². The van der Waals surface area contributed by atoms with Crippen LogP contribution in [-0.2, 0) is 14.8 Å². The van der Waals surface area contributed by atoms with Crippen LogP contribution in [0.15, 0.2) is 35.2 Å². The van der Waals surface area contributed by atoms with Crippen LogP contribution in [0.4, 0.5) is 5.00 Å². The highest BCUT2D eigenvalue weighted by molar-refractivity contribution is 7.89. The van der Waals surface area contributed by atoms with Gasteiger partial charge >= 0.3 is 5.97 Å². The average molecular weight is 382 g/mol. The summed E-state index contributed by atoms with van der Waals surface area (Å²) in [5.74, 6) is -0.935. The molecule has 9 heteroatoms. The summed E-state index contributed by atoms with van der Waals surface area (Å²) >= 11 is 1.10. The van der Waals surface area contributed by atoms with E-state index in [0.29, 0.717) is 15.4 Å². The van der Waals surface area contributed by atoms with Gasteiger partial charge in [-0.3, -0.25) is 4.79 Å². The largest absolute Gasteiger partial charge is 0.465 e. The van der Waals surface area contributed by atoms with Crippen LogP contribution in [0.25, 0.3) is 0 Å². The lowest BCUT2D eigenvalue weighted by Crippen LogP contribution is -2.22. The van der Waals surface area contributed by atoms with Crippen LogP contribution in [-0.4, -0.2) is 45.8 Å². The Bertz CT molecular complexity index is 916. The zero-order valence-corrected chi connectivity index (χ0v) is 15.8. The number of methoxy groups -OCH3 is 1. The fraction of sp³-hybridized carbons (Fsp3) is 0.250. The minimum atomic E-state index is -3.63. The molecule has 0 fully saturated rings. The molecule has 0 aliphatic heterocycles. The van der Waals surface area contributed by atoms with Crippen molar-refractivity contribution in [2.24, 2.45) is 0 Å². The summed E-state index contributed by atoms with van der Waals surface area (Å²) < 4.78 is 30.1. The Balaban J connectivity index is 2.27. The Kier molecular flexibility index (Phi) is 5.61. The molecular weight excluding hydrogens is 364 g/mol. The van der Waals surface area contributed by atoms with E-state index < -0.39 is 21.9 Å². The standard InChI is InChI=1S/C16H18N2O5S2/c1-10-8-13(24-14(10)16(20)23-4)17-15(19)11-6-5-7-12(9-11)25(21,22)18(2)3/h5-9H,1-4H3,(H,17,19). The molecule has 0 saturated carbocycles. The molecule has 0 aliphatic rings. The zero-order valence-electron chi connectivity index (χ0n) is 14.2. The number of benzene rings is 1. The number of anilines is 1. The quantitative estimate of drug-likeness (QED) is 0.801. The number of sulfonamides is 1. The van der Waals surface area contributed by atoms with Crippen LogP contribution in [0.1, 0.15) is 25.6 Å². The van der Waals surface area contributed by atoms with Crippen LogP contribution >= 0.6 is 11.3 Å². The number of rotatable bonds is 5. The van der Waals surface area contributed by atoms with Crippen LogP contribution in [0.2, 0.25) is 0 Å². The van der Waals surface area contributed by atoms with Gasteiger partial charge < -0.3 is 10.1 Å². The molecule has 1 aromatic carbocycles. The van der Waals surface area contributed by atoms with Crippen molar-refractivity contribution >= 4 is 38.2 Å². The molecule has 1 aromatic heterocycles. The van der Waals surface area contributed by atoms with E-state index in [-0.39, 0.29) is 10.5 Å². The molecule has 134 valence electrons. The van der Waals surface area contributed by atoms with Crippen molar-refractivity contribution in [3.63, 3.8) is 0 Å². The van der Waals surface area contributed by atoms with Crippen LogP contribution in [0.3, 0.4) is 0 Å². The maximum absolute atomic E-state index is 12.4. The van der Waals surface area contributed by atoms with E-state index in [1.54, 1.807) is 13.0 Å². The average Bonchev–Trinajstić information content (AvgIpc) is 2.94. The van der Waals surface area contributed by atoms with Crippen molar-refractivity contribution in [2.75, 3.05) is 26.5 Å². The van der Waals surface area contributed by atoms with Gasteiger partial charge in [-0.05, 0) is 36.8 Å². The molecule has 0 radical (unpaired) electrons. The van der Waals surface area contributed by atoms with Gasteiger partial charge in [0.2, 0.25) is 10.0 Å². The predicted octanol–water partition coefficient (Wildman–Crippen LogP) is 2.35. The molecule has 0 atom stereocenters. The van der Waals surface area contributed by atoms with E-state index in [9.17, 15) is 18.0 Å². The molecular formula is C16H18N2O5S2. The Morgan fingerprint density at radius 2 is 1.88 bits per heavy atom. The summed E-state index contributed by atoms with van der Waals surface area (Å²) in [4.78, 5) is 24.5. The third kappa shape index (κ3) is 4.06. The molecule has 2 aromatic rings. The van der Waals surface area contributed by atoms with Crippen LogP contribution in [0.5, 0.6) is 0 Å². The molecule has 0 bridgehead atoms. The Morgan fingerprint density at radius 3 is 2.48 bits per heavy atom. The number of ether oxygens (including phenoxy) is 1. The van der Waals surface area contributed by atoms with E-state index in [4.69, 9.17) is 0 Å². The molecule has 1 heterocycles. The monoisotopic (exact) mass is 382 g/mol. The number of nitrogens with one attached hydrogen (secondary N) is 1. The zero-order chi connectivity index (χ0) is 18.8. The fourth-order valence-corrected chi connectivity index (χ4v) is 3.97. The second-order valence-corrected chi connectivity index (χ2v) is 8.59. The van der Waals surface area contributed by atoms with E-state index in [2.05, 4.69) is 10.1 Å². The molecule has 0 unspecified atom stereocenters. The van der Waals surface area contributed by atoms with Crippen LogP contribution < -0.4 is 5.32 Å². The summed E-state index contributed by atoms with van der Waals surface area (Å²) in [5.41, 5.74) is 0.893. The summed E-state index contributed by atoms with van der Waals surface area (Å²) in [7, 11) is 0.503. The molecule has 0 saturated heterocycles. The predicted molar refractivity (Wildman–Crippen MR) is 95.7 cm³/mol. The highest BCUT2D eigenvalue weighted by Crippen LogP contribution is 2.28. The Hall–Kier alpha value is -2.23. The fourth-order valence-electron chi connectivity index (χ4n) is 2.03. The van der Waals surface area contributed by atoms with Crippen molar-refractivity contribution in [3.8, 4) is 0 Å². The van der Waals surface area contributed by atoms with E-state index in [1.165, 1.54) is 45.5 Å².